The van der Waals surface area contributed by atoms with E-state index in [0.29, 0.717) is 22.1 Å². The van der Waals surface area contributed by atoms with Crippen LogP contribution in [0, 0.1) is 6.92 Å². The minimum atomic E-state index is -0.125. The molecular formula is C16H15ClO3. The van der Waals surface area contributed by atoms with Crippen molar-refractivity contribution in [3.63, 3.8) is 0 Å². The van der Waals surface area contributed by atoms with E-state index in [1.165, 1.54) is 0 Å². The second kappa shape index (κ2) is 6.44. The van der Waals surface area contributed by atoms with Gasteiger partial charge < -0.3 is 9.47 Å². The molecule has 0 aliphatic heterocycles. The van der Waals surface area contributed by atoms with Crippen molar-refractivity contribution in [2.45, 2.75) is 6.92 Å². The number of carbonyl (C=O) groups is 1. The smallest absolute Gasteiger partial charge is 0.203 e. The van der Waals surface area contributed by atoms with Crippen LogP contribution < -0.4 is 9.47 Å². The molecule has 0 fully saturated rings. The molecule has 0 aliphatic carbocycles. The zero-order chi connectivity index (χ0) is 14.5. The van der Waals surface area contributed by atoms with Crippen molar-refractivity contribution in [2.75, 3.05) is 13.7 Å². The Kier molecular flexibility index (Phi) is 4.64. The van der Waals surface area contributed by atoms with E-state index in [1.54, 1.807) is 43.5 Å². The number of ether oxygens (including phenoxy) is 2. The Bertz CT molecular complexity index is 606. The summed E-state index contributed by atoms with van der Waals surface area (Å²) < 4.78 is 10.6. The first-order valence-corrected chi connectivity index (χ1v) is 6.54. The van der Waals surface area contributed by atoms with Gasteiger partial charge in [-0.15, -0.1) is 0 Å². The maximum Gasteiger partial charge on any atom is 0.203 e. The molecule has 2 rings (SSSR count). The van der Waals surface area contributed by atoms with Gasteiger partial charge in [-0.05, 0) is 43.3 Å². The second-order valence-corrected chi connectivity index (χ2v) is 4.81. The van der Waals surface area contributed by atoms with E-state index < -0.39 is 0 Å². The molecule has 0 saturated carbocycles. The third-order valence-electron chi connectivity index (χ3n) is 2.84. The largest absolute Gasteiger partial charge is 0.496 e. The summed E-state index contributed by atoms with van der Waals surface area (Å²) in [6, 6.07) is 12.4. The van der Waals surface area contributed by atoms with Crippen molar-refractivity contribution >= 4 is 17.4 Å². The van der Waals surface area contributed by atoms with Crippen molar-refractivity contribution in [1.82, 2.24) is 0 Å². The molecule has 104 valence electrons. The molecule has 0 amide bonds. The minimum absolute atomic E-state index is 0.0402. The Balaban J connectivity index is 2.08. The zero-order valence-electron chi connectivity index (χ0n) is 11.4. The summed E-state index contributed by atoms with van der Waals surface area (Å²) in [6.45, 7) is 1.89. The van der Waals surface area contributed by atoms with E-state index in [-0.39, 0.29) is 12.4 Å². The van der Waals surface area contributed by atoms with Gasteiger partial charge in [0, 0.05) is 5.02 Å². The monoisotopic (exact) mass is 290 g/mol. The second-order valence-electron chi connectivity index (χ2n) is 4.37. The highest BCUT2D eigenvalue weighted by Crippen LogP contribution is 2.21. The number of halogens is 1. The summed E-state index contributed by atoms with van der Waals surface area (Å²) in [5, 5.41) is 0.629. The normalized spacial score (nSPS) is 10.2. The summed E-state index contributed by atoms with van der Waals surface area (Å²) >= 11 is 5.79. The summed E-state index contributed by atoms with van der Waals surface area (Å²) in [4.78, 5) is 12.2. The van der Waals surface area contributed by atoms with Crippen LogP contribution in [0.3, 0.4) is 0 Å². The van der Waals surface area contributed by atoms with Crippen molar-refractivity contribution in [2.24, 2.45) is 0 Å². The molecule has 0 aromatic heterocycles. The zero-order valence-corrected chi connectivity index (χ0v) is 12.1. The average Bonchev–Trinajstić information content (AvgIpc) is 2.46. The van der Waals surface area contributed by atoms with Crippen LogP contribution in [0.1, 0.15) is 15.9 Å². The molecule has 0 saturated heterocycles. The fourth-order valence-electron chi connectivity index (χ4n) is 1.80. The lowest BCUT2D eigenvalue weighted by Gasteiger charge is -2.10. The lowest BCUT2D eigenvalue weighted by atomic mass is 10.1. The first kappa shape index (κ1) is 14.4. The molecule has 3 nitrogen and oxygen atoms in total. The standard InChI is InChI=1S/C16H15ClO3/c1-11-3-8-16(19-2)14(9-11)15(18)10-20-13-6-4-12(17)5-7-13/h3-9H,10H2,1-2H3. The van der Waals surface area contributed by atoms with Crippen LogP contribution in [0.2, 0.25) is 5.02 Å². The van der Waals surface area contributed by atoms with Crippen molar-refractivity contribution < 1.29 is 14.3 Å². The average molecular weight is 291 g/mol. The van der Waals surface area contributed by atoms with Gasteiger partial charge in [-0.3, -0.25) is 4.79 Å². The number of aryl methyl sites for hydroxylation is 1. The van der Waals surface area contributed by atoms with E-state index in [4.69, 9.17) is 21.1 Å². The molecule has 0 radical (unpaired) electrons. The molecule has 2 aromatic carbocycles. The van der Waals surface area contributed by atoms with E-state index in [9.17, 15) is 4.79 Å². The third kappa shape index (κ3) is 3.52. The van der Waals surface area contributed by atoms with Gasteiger partial charge in [0.1, 0.15) is 11.5 Å². The van der Waals surface area contributed by atoms with Crippen molar-refractivity contribution in [3.8, 4) is 11.5 Å². The van der Waals surface area contributed by atoms with Crippen LogP contribution in [0.15, 0.2) is 42.5 Å². The fourth-order valence-corrected chi connectivity index (χ4v) is 1.92. The van der Waals surface area contributed by atoms with Gasteiger partial charge >= 0.3 is 0 Å². The molecule has 4 heteroatoms. The van der Waals surface area contributed by atoms with E-state index in [1.807, 2.05) is 13.0 Å². The number of hydrogen-bond donors (Lipinski definition) is 0. The minimum Gasteiger partial charge on any atom is -0.496 e. The quantitative estimate of drug-likeness (QED) is 0.783. The van der Waals surface area contributed by atoms with Crippen molar-refractivity contribution in [1.29, 1.82) is 0 Å². The molecule has 0 heterocycles. The number of ketones is 1. The SMILES string of the molecule is COc1ccc(C)cc1C(=O)COc1ccc(Cl)cc1. The molecule has 0 N–H and O–H groups in total. The van der Waals surface area contributed by atoms with E-state index in [0.717, 1.165) is 5.56 Å². The summed E-state index contributed by atoms with van der Waals surface area (Å²) in [6.07, 6.45) is 0. The Morgan fingerprint density at radius 1 is 1.15 bits per heavy atom. The molecule has 0 aliphatic rings. The predicted octanol–water partition coefficient (Wildman–Crippen LogP) is 3.92. The molecule has 0 bridgehead atoms. The number of carbonyl (C=O) groups excluding carboxylic acids is 1. The number of benzene rings is 2. The highest BCUT2D eigenvalue weighted by molar-refractivity contribution is 6.30. The predicted molar refractivity (Wildman–Crippen MR) is 79.0 cm³/mol. The molecule has 0 unspecified atom stereocenters. The van der Waals surface area contributed by atoms with Gasteiger partial charge in [0.2, 0.25) is 5.78 Å². The van der Waals surface area contributed by atoms with Gasteiger partial charge in [-0.25, -0.2) is 0 Å². The summed E-state index contributed by atoms with van der Waals surface area (Å²) in [5.41, 5.74) is 1.53. The Morgan fingerprint density at radius 3 is 2.50 bits per heavy atom. The van der Waals surface area contributed by atoms with Crippen LogP contribution >= 0.6 is 11.6 Å². The number of rotatable bonds is 5. The molecule has 2 aromatic rings. The first-order chi connectivity index (χ1) is 9.60. The van der Waals surface area contributed by atoms with Gasteiger partial charge in [0.15, 0.2) is 6.61 Å². The molecule has 20 heavy (non-hydrogen) atoms. The Hall–Kier alpha value is -2.00. The van der Waals surface area contributed by atoms with Crippen LogP contribution in [-0.4, -0.2) is 19.5 Å². The Morgan fingerprint density at radius 2 is 1.85 bits per heavy atom. The van der Waals surface area contributed by atoms with Crippen molar-refractivity contribution in [3.05, 3.63) is 58.6 Å². The van der Waals surface area contributed by atoms with E-state index in [2.05, 4.69) is 0 Å². The maximum absolute atomic E-state index is 12.2. The maximum atomic E-state index is 12.2. The van der Waals surface area contributed by atoms with Gasteiger partial charge in [-0.2, -0.15) is 0 Å². The molecule has 0 atom stereocenters. The summed E-state index contributed by atoms with van der Waals surface area (Å²) in [5.74, 6) is 1.04. The first-order valence-electron chi connectivity index (χ1n) is 6.16. The summed E-state index contributed by atoms with van der Waals surface area (Å²) in [7, 11) is 1.54. The van der Waals surface area contributed by atoms with Gasteiger partial charge in [0.25, 0.3) is 0 Å². The molecular weight excluding hydrogens is 276 g/mol. The van der Waals surface area contributed by atoms with Gasteiger partial charge in [-0.1, -0.05) is 23.2 Å². The topological polar surface area (TPSA) is 35.5 Å². The van der Waals surface area contributed by atoms with E-state index >= 15 is 0 Å². The number of hydrogen-bond acceptors (Lipinski definition) is 3. The van der Waals surface area contributed by atoms with Crippen LogP contribution in [0.4, 0.5) is 0 Å². The number of Topliss-reactive ketones (excluding diaryl/α,β-unsaturated/α-hetero) is 1. The lowest BCUT2D eigenvalue weighted by molar-refractivity contribution is 0.0918. The fraction of sp³-hybridized carbons (Fsp3) is 0.188. The number of methoxy groups -OCH3 is 1. The van der Waals surface area contributed by atoms with Crippen LogP contribution in [0.25, 0.3) is 0 Å². The third-order valence-corrected chi connectivity index (χ3v) is 3.09. The van der Waals surface area contributed by atoms with Crippen LogP contribution in [0.5, 0.6) is 11.5 Å². The van der Waals surface area contributed by atoms with Gasteiger partial charge in [0.05, 0.1) is 12.7 Å². The highest BCUT2D eigenvalue weighted by atomic mass is 35.5. The highest BCUT2D eigenvalue weighted by Gasteiger charge is 2.13. The molecule has 0 spiro atoms. The lowest BCUT2D eigenvalue weighted by Crippen LogP contribution is -2.13. The Labute approximate surface area is 123 Å². The van der Waals surface area contributed by atoms with Crippen LogP contribution in [-0.2, 0) is 0 Å².